The number of anilines is 2. The van der Waals surface area contributed by atoms with Gasteiger partial charge in [0.25, 0.3) is 0 Å². The number of nitrogens with one attached hydrogen (secondary N) is 2. The Kier molecular flexibility index (Phi) is 7.89. The standard InChI is InChI=1S/C31H33N5O4/c1-31(2,3)40-30(38)36-14-11-25(12-15-36)39-28-19-27-23(17-22(28)8-6-16-37)20-33-29(35-27)34-24-9-4-7-21(18-24)26-10-5-13-32-26/h4-5,7,9-10,13,17-20,25,32,37H,11-12,14-16H2,1-3H3,(H,33,34,35). The van der Waals surface area contributed by atoms with Crippen molar-refractivity contribution in [3.63, 3.8) is 0 Å². The number of rotatable bonds is 5. The van der Waals surface area contributed by atoms with Crippen molar-refractivity contribution < 1.29 is 19.4 Å². The lowest BCUT2D eigenvalue weighted by Crippen LogP contribution is -2.44. The minimum absolute atomic E-state index is 0.0963. The predicted octanol–water partition coefficient (Wildman–Crippen LogP) is 5.49. The highest BCUT2D eigenvalue weighted by atomic mass is 16.6. The van der Waals surface area contributed by atoms with Crippen molar-refractivity contribution in [2.75, 3.05) is 25.0 Å². The van der Waals surface area contributed by atoms with Crippen LogP contribution in [0.15, 0.2) is 60.9 Å². The van der Waals surface area contributed by atoms with Crippen LogP contribution in [0.1, 0.15) is 39.2 Å². The first-order valence-electron chi connectivity index (χ1n) is 13.3. The van der Waals surface area contributed by atoms with Gasteiger partial charge in [-0.2, -0.15) is 0 Å². The number of hydrogen-bond acceptors (Lipinski definition) is 7. The number of piperidine rings is 1. The lowest BCUT2D eigenvalue weighted by atomic mass is 10.1. The molecule has 9 heteroatoms. The molecule has 1 fully saturated rings. The number of aliphatic hydroxyl groups excluding tert-OH is 1. The van der Waals surface area contributed by atoms with Crippen LogP contribution >= 0.6 is 0 Å². The fourth-order valence-electron chi connectivity index (χ4n) is 4.52. The number of hydrogen-bond donors (Lipinski definition) is 3. The predicted molar refractivity (Wildman–Crippen MR) is 154 cm³/mol. The normalized spacial score (nSPS) is 13.9. The molecule has 0 spiro atoms. The minimum Gasteiger partial charge on any atom is -0.489 e. The zero-order chi connectivity index (χ0) is 28.1. The molecule has 2 aromatic carbocycles. The van der Waals surface area contributed by atoms with Crippen molar-refractivity contribution in [1.29, 1.82) is 0 Å². The Morgan fingerprint density at radius 3 is 2.73 bits per heavy atom. The van der Waals surface area contributed by atoms with Gasteiger partial charge in [-0.15, -0.1) is 0 Å². The number of carbonyl (C=O) groups excluding carboxylic acids is 1. The molecule has 9 nitrogen and oxygen atoms in total. The van der Waals surface area contributed by atoms with E-state index in [1.54, 1.807) is 11.1 Å². The topological polar surface area (TPSA) is 113 Å². The molecule has 2 aromatic heterocycles. The van der Waals surface area contributed by atoms with Gasteiger partial charge in [-0.25, -0.2) is 14.8 Å². The van der Waals surface area contributed by atoms with Gasteiger partial charge in [-0.1, -0.05) is 24.0 Å². The lowest BCUT2D eigenvalue weighted by Gasteiger charge is -2.33. The summed E-state index contributed by atoms with van der Waals surface area (Å²) in [6.45, 7) is 6.42. The number of fused-ring (bicyclic) bond motifs is 1. The van der Waals surface area contributed by atoms with Crippen LogP contribution in [-0.2, 0) is 4.74 Å². The summed E-state index contributed by atoms with van der Waals surface area (Å²) in [5, 5.41) is 13.4. The molecule has 0 radical (unpaired) electrons. The fourth-order valence-corrected chi connectivity index (χ4v) is 4.52. The fraction of sp³-hybridized carbons (Fsp3) is 0.323. The van der Waals surface area contributed by atoms with Crippen LogP contribution in [0.5, 0.6) is 5.75 Å². The van der Waals surface area contributed by atoms with Crippen LogP contribution in [0, 0.1) is 11.8 Å². The van der Waals surface area contributed by atoms with E-state index in [1.807, 2.05) is 75.5 Å². The van der Waals surface area contributed by atoms with E-state index >= 15 is 0 Å². The third-order valence-corrected chi connectivity index (χ3v) is 6.40. The number of aromatic amines is 1. The highest BCUT2D eigenvalue weighted by molar-refractivity contribution is 5.83. The van der Waals surface area contributed by atoms with Gasteiger partial charge in [-0.3, -0.25) is 0 Å². The second-order valence-electron chi connectivity index (χ2n) is 10.6. The van der Waals surface area contributed by atoms with Crippen LogP contribution in [0.3, 0.4) is 0 Å². The maximum Gasteiger partial charge on any atom is 0.410 e. The van der Waals surface area contributed by atoms with E-state index in [2.05, 4.69) is 27.1 Å². The average Bonchev–Trinajstić information content (AvgIpc) is 3.47. The van der Waals surface area contributed by atoms with E-state index in [0.29, 0.717) is 48.7 Å². The van der Waals surface area contributed by atoms with Gasteiger partial charge in [-0.05, 0) is 56.7 Å². The van der Waals surface area contributed by atoms with Gasteiger partial charge in [0.05, 0.1) is 11.1 Å². The third-order valence-electron chi connectivity index (χ3n) is 6.40. The summed E-state index contributed by atoms with van der Waals surface area (Å²) in [5.41, 5.74) is 3.77. The van der Waals surface area contributed by atoms with Gasteiger partial charge in [0.1, 0.15) is 24.1 Å². The van der Waals surface area contributed by atoms with Crippen molar-refractivity contribution >= 4 is 28.6 Å². The SMILES string of the molecule is CC(C)(C)OC(=O)N1CCC(Oc2cc3nc(Nc4cccc(-c5ccc[nH]5)c4)ncc3cc2C#CCO)CC1. The van der Waals surface area contributed by atoms with E-state index in [9.17, 15) is 9.90 Å². The van der Waals surface area contributed by atoms with Crippen molar-refractivity contribution in [2.45, 2.75) is 45.3 Å². The number of H-pyrrole nitrogens is 1. The van der Waals surface area contributed by atoms with E-state index < -0.39 is 5.60 Å². The van der Waals surface area contributed by atoms with Crippen LogP contribution in [0.2, 0.25) is 0 Å². The molecule has 0 bridgehead atoms. The number of aromatic nitrogens is 3. The van der Waals surface area contributed by atoms with E-state index in [1.165, 1.54) is 0 Å². The van der Waals surface area contributed by atoms with Gasteiger partial charge >= 0.3 is 6.09 Å². The van der Waals surface area contributed by atoms with E-state index in [-0.39, 0.29) is 18.8 Å². The summed E-state index contributed by atoms with van der Waals surface area (Å²) in [4.78, 5) is 26.6. The van der Waals surface area contributed by atoms with Crippen LogP contribution in [-0.4, -0.2) is 62.5 Å². The highest BCUT2D eigenvalue weighted by Crippen LogP contribution is 2.29. The Labute approximate surface area is 233 Å². The first-order chi connectivity index (χ1) is 19.3. The number of benzene rings is 2. The zero-order valence-corrected chi connectivity index (χ0v) is 22.9. The Bertz CT molecular complexity index is 1540. The summed E-state index contributed by atoms with van der Waals surface area (Å²) in [6, 6.07) is 15.7. The first kappa shape index (κ1) is 27.0. The molecule has 0 atom stereocenters. The molecule has 1 aliphatic heterocycles. The Hall–Kier alpha value is -4.55. The molecule has 1 aliphatic rings. The van der Waals surface area contributed by atoms with E-state index in [4.69, 9.17) is 14.5 Å². The Morgan fingerprint density at radius 2 is 2.00 bits per heavy atom. The zero-order valence-electron chi connectivity index (χ0n) is 22.9. The quantitative estimate of drug-likeness (QED) is 0.288. The van der Waals surface area contributed by atoms with Crippen molar-refractivity contribution in [3.05, 3.63) is 66.5 Å². The second kappa shape index (κ2) is 11.7. The van der Waals surface area contributed by atoms with Crippen molar-refractivity contribution in [1.82, 2.24) is 19.9 Å². The third kappa shape index (κ3) is 6.71. The summed E-state index contributed by atoms with van der Waals surface area (Å²) >= 11 is 0. The molecule has 3 heterocycles. The summed E-state index contributed by atoms with van der Waals surface area (Å²) in [7, 11) is 0. The number of carbonyl (C=O) groups is 1. The summed E-state index contributed by atoms with van der Waals surface area (Å²) < 4.78 is 11.9. The molecular weight excluding hydrogens is 506 g/mol. The maximum absolute atomic E-state index is 12.4. The molecule has 0 aliphatic carbocycles. The summed E-state index contributed by atoms with van der Waals surface area (Å²) in [5.74, 6) is 6.75. The number of amides is 1. The molecule has 0 saturated carbocycles. The van der Waals surface area contributed by atoms with Crippen LogP contribution in [0.25, 0.3) is 22.2 Å². The van der Waals surface area contributed by atoms with Gasteiger partial charge in [0.15, 0.2) is 0 Å². The molecule has 0 unspecified atom stereocenters. The molecule has 5 rings (SSSR count). The maximum atomic E-state index is 12.4. The summed E-state index contributed by atoms with van der Waals surface area (Å²) in [6.07, 6.45) is 4.57. The number of aliphatic hydroxyl groups is 1. The Morgan fingerprint density at radius 1 is 1.18 bits per heavy atom. The molecule has 3 N–H and O–H groups in total. The average molecular weight is 540 g/mol. The lowest BCUT2D eigenvalue weighted by molar-refractivity contribution is 0.0126. The van der Waals surface area contributed by atoms with Crippen LogP contribution in [0.4, 0.5) is 16.4 Å². The largest absolute Gasteiger partial charge is 0.489 e. The number of likely N-dealkylation sites (tertiary alicyclic amines) is 1. The molecule has 4 aromatic rings. The first-order valence-corrected chi connectivity index (χ1v) is 13.3. The molecule has 206 valence electrons. The van der Waals surface area contributed by atoms with Gasteiger partial charge < -0.3 is 29.8 Å². The number of ether oxygens (including phenoxy) is 2. The van der Waals surface area contributed by atoms with E-state index in [0.717, 1.165) is 22.3 Å². The molecule has 40 heavy (non-hydrogen) atoms. The van der Waals surface area contributed by atoms with Crippen LogP contribution < -0.4 is 10.1 Å². The second-order valence-corrected chi connectivity index (χ2v) is 10.6. The van der Waals surface area contributed by atoms with Crippen molar-refractivity contribution in [2.24, 2.45) is 0 Å². The monoisotopic (exact) mass is 539 g/mol. The van der Waals surface area contributed by atoms with Crippen molar-refractivity contribution in [3.8, 4) is 28.8 Å². The molecular formula is C31H33N5O4. The highest BCUT2D eigenvalue weighted by Gasteiger charge is 2.28. The molecule has 1 amide bonds. The van der Waals surface area contributed by atoms with Gasteiger partial charge in [0.2, 0.25) is 5.95 Å². The Balaban J connectivity index is 1.34. The minimum atomic E-state index is -0.531. The van der Waals surface area contributed by atoms with Gasteiger partial charge in [0, 0.05) is 61.2 Å². The molecule has 1 saturated heterocycles. The number of nitrogens with zero attached hydrogens (tertiary/aromatic N) is 3. The smallest absolute Gasteiger partial charge is 0.410 e.